The minimum atomic E-state index is 0.160. The van der Waals surface area contributed by atoms with Crippen LogP contribution in [0, 0.1) is 5.41 Å². The van der Waals surface area contributed by atoms with Crippen LogP contribution in [0.1, 0.15) is 50.2 Å². The van der Waals surface area contributed by atoms with Gasteiger partial charge in [-0.25, -0.2) is 9.97 Å². The molecule has 4 heterocycles. The minimum absolute atomic E-state index is 0.160. The minimum Gasteiger partial charge on any atom is -0.356 e. The number of nitrogens with zero attached hydrogens (tertiary/aromatic N) is 5. The Hall–Kier alpha value is -2.50. The van der Waals surface area contributed by atoms with Crippen LogP contribution in [0.2, 0.25) is 0 Å². The molecule has 1 spiro atoms. The molecule has 1 amide bonds. The zero-order valence-corrected chi connectivity index (χ0v) is 16.7. The van der Waals surface area contributed by atoms with Gasteiger partial charge in [0, 0.05) is 62.2 Å². The number of aryl methyl sites for hydroxylation is 1. The van der Waals surface area contributed by atoms with Crippen molar-refractivity contribution in [3.63, 3.8) is 0 Å². The molecule has 0 aromatic carbocycles. The molecule has 0 bridgehead atoms. The summed E-state index contributed by atoms with van der Waals surface area (Å²) < 4.78 is 0. The summed E-state index contributed by atoms with van der Waals surface area (Å²) in [6.45, 7) is 5.71. The van der Waals surface area contributed by atoms with E-state index in [1.165, 1.54) is 12.0 Å². The van der Waals surface area contributed by atoms with Crippen LogP contribution in [-0.4, -0.2) is 45.4 Å². The fourth-order valence-electron chi connectivity index (χ4n) is 4.76. The number of aromatic nitrogens is 3. The van der Waals surface area contributed by atoms with Gasteiger partial charge in [0.1, 0.15) is 12.1 Å². The van der Waals surface area contributed by atoms with Crippen molar-refractivity contribution in [1.82, 2.24) is 19.9 Å². The van der Waals surface area contributed by atoms with E-state index in [2.05, 4.69) is 31.7 Å². The second-order valence-corrected chi connectivity index (χ2v) is 8.25. The SMILES string of the molecule is CCCc1cncnc1N1CCC[C@]2(CCC(=O)N(Cc3ccncc3)C2)C1. The van der Waals surface area contributed by atoms with Crippen molar-refractivity contribution in [3.8, 4) is 0 Å². The number of hydrogen-bond acceptors (Lipinski definition) is 5. The molecular weight excluding hydrogens is 350 g/mol. The number of pyridine rings is 1. The van der Waals surface area contributed by atoms with E-state index in [-0.39, 0.29) is 11.3 Å². The van der Waals surface area contributed by atoms with Gasteiger partial charge >= 0.3 is 0 Å². The van der Waals surface area contributed by atoms with E-state index in [4.69, 9.17) is 0 Å². The van der Waals surface area contributed by atoms with E-state index in [1.54, 1.807) is 18.7 Å². The topological polar surface area (TPSA) is 62.2 Å². The van der Waals surface area contributed by atoms with Crippen LogP contribution < -0.4 is 4.90 Å². The number of anilines is 1. The maximum Gasteiger partial charge on any atom is 0.222 e. The predicted octanol–water partition coefficient (Wildman–Crippen LogP) is 3.23. The quantitative estimate of drug-likeness (QED) is 0.798. The first-order valence-electron chi connectivity index (χ1n) is 10.4. The van der Waals surface area contributed by atoms with Crippen molar-refractivity contribution in [2.24, 2.45) is 5.41 Å². The van der Waals surface area contributed by atoms with Crippen LogP contribution in [0.15, 0.2) is 37.1 Å². The first kappa shape index (κ1) is 18.8. The molecule has 0 radical (unpaired) electrons. The van der Waals surface area contributed by atoms with Gasteiger partial charge in [0.05, 0.1) is 0 Å². The molecule has 2 saturated heterocycles. The Bertz CT molecular complexity index is 812. The average molecular weight is 380 g/mol. The van der Waals surface area contributed by atoms with Gasteiger partial charge in [-0.3, -0.25) is 9.78 Å². The molecule has 28 heavy (non-hydrogen) atoms. The first-order chi connectivity index (χ1) is 13.7. The van der Waals surface area contributed by atoms with E-state index < -0.39 is 0 Å². The first-order valence-corrected chi connectivity index (χ1v) is 10.4. The van der Waals surface area contributed by atoms with Crippen LogP contribution >= 0.6 is 0 Å². The summed E-state index contributed by atoms with van der Waals surface area (Å²) in [6, 6.07) is 4.00. The maximum atomic E-state index is 12.6. The lowest BCUT2D eigenvalue weighted by molar-refractivity contribution is -0.138. The van der Waals surface area contributed by atoms with Crippen LogP contribution in [0.5, 0.6) is 0 Å². The van der Waals surface area contributed by atoms with Crippen molar-refractivity contribution in [2.45, 2.75) is 52.0 Å². The Kier molecular flexibility index (Phi) is 5.55. The van der Waals surface area contributed by atoms with Crippen molar-refractivity contribution < 1.29 is 4.79 Å². The molecule has 2 aliphatic rings. The summed E-state index contributed by atoms with van der Waals surface area (Å²) in [5.74, 6) is 1.36. The summed E-state index contributed by atoms with van der Waals surface area (Å²) in [5, 5.41) is 0. The maximum absolute atomic E-state index is 12.6. The molecule has 2 fully saturated rings. The molecule has 2 aromatic heterocycles. The normalized spacial score (nSPS) is 22.7. The van der Waals surface area contributed by atoms with E-state index >= 15 is 0 Å². The third kappa shape index (κ3) is 4.01. The molecule has 6 heteroatoms. The van der Waals surface area contributed by atoms with Crippen molar-refractivity contribution in [1.29, 1.82) is 0 Å². The highest BCUT2D eigenvalue weighted by Gasteiger charge is 2.42. The second kappa shape index (κ2) is 8.25. The van der Waals surface area contributed by atoms with E-state index in [0.29, 0.717) is 13.0 Å². The third-order valence-electron chi connectivity index (χ3n) is 6.12. The predicted molar refractivity (Wildman–Crippen MR) is 109 cm³/mol. The Morgan fingerprint density at radius 1 is 1.14 bits per heavy atom. The highest BCUT2D eigenvalue weighted by atomic mass is 16.2. The fourth-order valence-corrected chi connectivity index (χ4v) is 4.76. The van der Waals surface area contributed by atoms with E-state index in [9.17, 15) is 4.79 Å². The number of amides is 1. The van der Waals surface area contributed by atoms with Crippen molar-refractivity contribution in [3.05, 3.63) is 48.2 Å². The summed E-state index contributed by atoms with van der Waals surface area (Å²) >= 11 is 0. The fraction of sp³-hybridized carbons (Fsp3) is 0.545. The lowest BCUT2D eigenvalue weighted by Gasteiger charge is -2.48. The van der Waals surface area contributed by atoms with Gasteiger partial charge in [0.25, 0.3) is 0 Å². The van der Waals surface area contributed by atoms with Crippen molar-refractivity contribution in [2.75, 3.05) is 24.5 Å². The summed E-state index contributed by atoms with van der Waals surface area (Å²) in [5.41, 5.74) is 2.55. The molecule has 2 aromatic rings. The molecule has 0 aliphatic carbocycles. The van der Waals surface area contributed by atoms with E-state index in [1.807, 2.05) is 18.3 Å². The van der Waals surface area contributed by atoms with E-state index in [0.717, 1.165) is 56.7 Å². The molecule has 2 aliphatic heterocycles. The van der Waals surface area contributed by atoms with Gasteiger partial charge in [-0.2, -0.15) is 0 Å². The zero-order valence-electron chi connectivity index (χ0n) is 16.7. The molecule has 0 unspecified atom stereocenters. The molecule has 1 atom stereocenters. The smallest absolute Gasteiger partial charge is 0.222 e. The Morgan fingerprint density at radius 2 is 2.00 bits per heavy atom. The van der Waals surface area contributed by atoms with Gasteiger partial charge in [0.15, 0.2) is 0 Å². The Labute approximate surface area is 167 Å². The number of rotatable bonds is 5. The standard InChI is InChI=1S/C22H29N5O/c1-2-4-19-13-24-17-25-21(19)26-12-3-8-22(15-26)9-5-20(28)27(16-22)14-18-6-10-23-11-7-18/h6-7,10-11,13,17H,2-5,8-9,12,14-16H2,1H3/t22-/m0/s1. The van der Waals surface area contributed by atoms with Gasteiger partial charge in [0.2, 0.25) is 5.91 Å². The Balaban J connectivity index is 1.52. The van der Waals surface area contributed by atoms with Crippen molar-refractivity contribution >= 4 is 11.7 Å². The van der Waals surface area contributed by atoms with Crippen LogP contribution in [0.25, 0.3) is 0 Å². The molecule has 0 N–H and O–H groups in total. The molecule has 4 rings (SSSR count). The average Bonchev–Trinajstić information content (AvgIpc) is 2.73. The molecule has 148 valence electrons. The van der Waals surface area contributed by atoms with Gasteiger partial charge in [-0.05, 0) is 43.4 Å². The zero-order chi connectivity index (χ0) is 19.4. The van der Waals surface area contributed by atoms with Gasteiger partial charge < -0.3 is 9.80 Å². The van der Waals surface area contributed by atoms with Crippen LogP contribution in [0.4, 0.5) is 5.82 Å². The lowest BCUT2D eigenvalue weighted by Crippen LogP contribution is -2.54. The summed E-state index contributed by atoms with van der Waals surface area (Å²) in [6.07, 6.45) is 13.3. The Morgan fingerprint density at radius 3 is 2.82 bits per heavy atom. The van der Waals surface area contributed by atoms with Gasteiger partial charge in [-0.15, -0.1) is 0 Å². The summed E-state index contributed by atoms with van der Waals surface area (Å²) in [7, 11) is 0. The summed E-state index contributed by atoms with van der Waals surface area (Å²) in [4.78, 5) is 30.0. The highest BCUT2D eigenvalue weighted by molar-refractivity contribution is 5.77. The monoisotopic (exact) mass is 379 g/mol. The van der Waals surface area contributed by atoms with Crippen LogP contribution in [0.3, 0.4) is 0 Å². The third-order valence-corrected chi connectivity index (χ3v) is 6.12. The molecule has 6 nitrogen and oxygen atoms in total. The second-order valence-electron chi connectivity index (χ2n) is 8.25. The number of carbonyl (C=O) groups is 1. The molecular formula is C22H29N5O. The number of hydrogen-bond donors (Lipinski definition) is 0. The number of likely N-dealkylation sites (tertiary alicyclic amines) is 1. The number of carbonyl (C=O) groups excluding carboxylic acids is 1. The van der Waals surface area contributed by atoms with Gasteiger partial charge in [-0.1, -0.05) is 13.3 Å². The highest BCUT2D eigenvalue weighted by Crippen LogP contribution is 2.40. The molecule has 0 saturated carbocycles. The largest absolute Gasteiger partial charge is 0.356 e. The van der Waals surface area contributed by atoms with Crippen LogP contribution in [-0.2, 0) is 17.8 Å². The lowest BCUT2D eigenvalue weighted by atomic mass is 9.73. The number of piperidine rings is 2.